The molecule has 0 aromatic heterocycles. The van der Waals surface area contributed by atoms with Gasteiger partial charge in [0.1, 0.15) is 12.2 Å². The molecule has 0 amide bonds. The van der Waals surface area contributed by atoms with Crippen LogP contribution >= 0.6 is 0 Å². The van der Waals surface area contributed by atoms with Crippen molar-refractivity contribution < 1.29 is 45.0 Å². The fourth-order valence-corrected chi connectivity index (χ4v) is 0.970. The van der Waals surface area contributed by atoms with Crippen LogP contribution in [0.1, 0.15) is 25.7 Å². The number of carboxylic acids is 3. The van der Waals surface area contributed by atoms with E-state index in [0.29, 0.717) is 18.9 Å². The number of rotatable bonds is 9. The Labute approximate surface area is 120 Å². The van der Waals surface area contributed by atoms with E-state index in [1.165, 1.54) is 0 Å². The standard InChI is InChI=1S/C6H10O5.C6H10O4/c7-3-5(9)4(8)1-2-6(10)11;7-5(8)3-1-2-4-6(9)10/h1-2,4-5,7-9H,3H2,(H,10,11);1-4H2,(H,7,8)(H,9,10). The summed E-state index contributed by atoms with van der Waals surface area (Å²) >= 11 is 0. The van der Waals surface area contributed by atoms with E-state index in [-0.39, 0.29) is 12.8 Å². The third kappa shape index (κ3) is 18.0. The van der Waals surface area contributed by atoms with E-state index in [0.717, 1.165) is 6.08 Å². The van der Waals surface area contributed by atoms with E-state index < -0.39 is 36.7 Å². The highest BCUT2D eigenvalue weighted by atomic mass is 16.4. The first-order valence-corrected chi connectivity index (χ1v) is 6.02. The SMILES string of the molecule is O=C(O)C=CC(O)C(O)CO.O=C(O)CCCCC(=O)O. The predicted octanol–water partition coefficient (Wildman–Crippen LogP) is -0.943. The van der Waals surface area contributed by atoms with Gasteiger partial charge in [-0.2, -0.15) is 0 Å². The fourth-order valence-electron chi connectivity index (χ4n) is 0.970. The highest BCUT2D eigenvalue weighted by Crippen LogP contribution is 1.98. The van der Waals surface area contributed by atoms with Crippen LogP contribution in [0.3, 0.4) is 0 Å². The second-order valence-electron chi connectivity index (χ2n) is 3.93. The van der Waals surface area contributed by atoms with Gasteiger partial charge in [-0.25, -0.2) is 4.79 Å². The first-order valence-electron chi connectivity index (χ1n) is 6.02. The fraction of sp³-hybridized carbons (Fsp3) is 0.583. The number of carboxylic acid groups (broad SMARTS) is 3. The molecule has 122 valence electrons. The monoisotopic (exact) mass is 308 g/mol. The van der Waals surface area contributed by atoms with Crippen LogP contribution in [0.15, 0.2) is 12.2 Å². The van der Waals surface area contributed by atoms with Crippen molar-refractivity contribution in [3.8, 4) is 0 Å². The first kappa shape index (κ1) is 21.3. The van der Waals surface area contributed by atoms with Gasteiger partial charge in [0.25, 0.3) is 0 Å². The summed E-state index contributed by atoms with van der Waals surface area (Å²) in [5, 5.41) is 50.1. The number of hydrogen-bond donors (Lipinski definition) is 6. The maximum atomic E-state index is 9.90. The molecule has 2 atom stereocenters. The molecular weight excluding hydrogens is 288 g/mol. The summed E-state index contributed by atoms with van der Waals surface area (Å²) in [6.45, 7) is -0.606. The molecule has 2 unspecified atom stereocenters. The minimum Gasteiger partial charge on any atom is -0.481 e. The summed E-state index contributed by atoms with van der Waals surface area (Å²) in [4.78, 5) is 29.7. The van der Waals surface area contributed by atoms with Crippen LogP contribution in [0.4, 0.5) is 0 Å². The van der Waals surface area contributed by atoms with Gasteiger partial charge in [-0.3, -0.25) is 9.59 Å². The van der Waals surface area contributed by atoms with Crippen LogP contribution in [-0.2, 0) is 14.4 Å². The van der Waals surface area contributed by atoms with E-state index >= 15 is 0 Å². The summed E-state index contributed by atoms with van der Waals surface area (Å²) in [6.07, 6.45) is -0.0574. The van der Waals surface area contributed by atoms with Gasteiger partial charge in [-0.1, -0.05) is 0 Å². The van der Waals surface area contributed by atoms with E-state index in [9.17, 15) is 14.4 Å². The Morgan fingerprint density at radius 1 is 0.905 bits per heavy atom. The molecule has 0 aliphatic heterocycles. The van der Waals surface area contributed by atoms with Crippen molar-refractivity contribution in [3.05, 3.63) is 12.2 Å². The quantitative estimate of drug-likeness (QED) is 0.232. The Bertz CT molecular complexity index is 335. The number of aliphatic carboxylic acids is 3. The average Bonchev–Trinajstić information content (AvgIpc) is 2.40. The highest BCUT2D eigenvalue weighted by Gasteiger charge is 2.11. The predicted molar refractivity (Wildman–Crippen MR) is 69.6 cm³/mol. The Balaban J connectivity index is 0. The lowest BCUT2D eigenvalue weighted by molar-refractivity contribution is -0.139. The molecule has 0 aliphatic rings. The lowest BCUT2D eigenvalue weighted by atomic mass is 10.2. The van der Waals surface area contributed by atoms with Gasteiger partial charge in [0.05, 0.1) is 6.61 Å². The van der Waals surface area contributed by atoms with Crippen molar-refractivity contribution in [1.82, 2.24) is 0 Å². The maximum Gasteiger partial charge on any atom is 0.328 e. The zero-order chi connectivity index (χ0) is 16.8. The topological polar surface area (TPSA) is 173 Å². The van der Waals surface area contributed by atoms with Crippen molar-refractivity contribution in [3.63, 3.8) is 0 Å². The smallest absolute Gasteiger partial charge is 0.328 e. The summed E-state index contributed by atoms with van der Waals surface area (Å²) in [7, 11) is 0. The molecule has 0 saturated heterocycles. The lowest BCUT2D eigenvalue weighted by Crippen LogP contribution is -2.27. The summed E-state index contributed by atoms with van der Waals surface area (Å²) in [5.74, 6) is -2.95. The van der Waals surface area contributed by atoms with Crippen LogP contribution in [0.2, 0.25) is 0 Å². The minimum absolute atomic E-state index is 0.0628. The minimum atomic E-state index is -1.34. The van der Waals surface area contributed by atoms with Crippen LogP contribution in [0.25, 0.3) is 0 Å². The molecule has 0 heterocycles. The van der Waals surface area contributed by atoms with Gasteiger partial charge in [0.15, 0.2) is 0 Å². The molecule has 9 heteroatoms. The van der Waals surface area contributed by atoms with Gasteiger partial charge in [-0.15, -0.1) is 0 Å². The van der Waals surface area contributed by atoms with Crippen molar-refractivity contribution in [1.29, 1.82) is 0 Å². The molecule has 0 rings (SSSR count). The summed E-state index contributed by atoms with van der Waals surface area (Å²) in [5.41, 5.74) is 0. The van der Waals surface area contributed by atoms with Gasteiger partial charge < -0.3 is 30.6 Å². The third-order valence-electron chi connectivity index (χ3n) is 2.05. The van der Waals surface area contributed by atoms with Crippen molar-refractivity contribution in [2.24, 2.45) is 0 Å². The molecule has 0 radical (unpaired) electrons. The van der Waals surface area contributed by atoms with Crippen LogP contribution < -0.4 is 0 Å². The Hall–Kier alpha value is -1.97. The second kappa shape index (κ2) is 13.0. The molecule has 0 aromatic carbocycles. The van der Waals surface area contributed by atoms with Crippen molar-refractivity contribution in [2.75, 3.05) is 6.61 Å². The Morgan fingerprint density at radius 3 is 1.62 bits per heavy atom. The second-order valence-corrected chi connectivity index (χ2v) is 3.93. The van der Waals surface area contributed by atoms with Gasteiger partial charge in [0.2, 0.25) is 0 Å². The maximum absolute atomic E-state index is 9.90. The van der Waals surface area contributed by atoms with E-state index in [1.807, 2.05) is 0 Å². The summed E-state index contributed by atoms with van der Waals surface area (Å²) in [6, 6.07) is 0. The molecule has 0 bridgehead atoms. The van der Waals surface area contributed by atoms with Gasteiger partial charge in [0, 0.05) is 18.9 Å². The zero-order valence-corrected chi connectivity index (χ0v) is 11.3. The number of hydrogen-bond acceptors (Lipinski definition) is 6. The van der Waals surface area contributed by atoms with E-state index in [2.05, 4.69) is 0 Å². The number of carbonyl (C=O) groups is 3. The highest BCUT2D eigenvalue weighted by molar-refractivity contribution is 5.79. The molecular formula is C12H20O9. The number of unbranched alkanes of at least 4 members (excludes halogenated alkanes) is 1. The Kier molecular flexibility index (Phi) is 13.2. The summed E-state index contributed by atoms with van der Waals surface area (Å²) < 4.78 is 0. The molecule has 0 aromatic rings. The number of aliphatic hydroxyl groups excluding tert-OH is 3. The largest absolute Gasteiger partial charge is 0.481 e. The van der Waals surface area contributed by atoms with E-state index in [4.69, 9.17) is 30.6 Å². The van der Waals surface area contributed by atoms with Crippen LogP contribution in [0.5, 0.6) is 0 Å². The Morgan fingerprint density at radius 2 is 1.33 bits per heavy atom. The third-order valence-corrected chi connectivity index (χ3v) is 2.05. The normalized spacial score (nSPS) is 13.1. The molecule has 0 aliphatic carbocycles. The van der Waals surface area contributed by atoms with Crippen LogP contribution in [-0.4, -0.2) is 67.4 Å². The van der Waals surface area contributed by atoms with Gasteiger partial charge in [-0.05, 0) is 18.9 Å². The van der Waals surface area contributed by atoms with Gasteiger partial charge >= 0.3 is 17.9 Å². The van der Waals surface area contributed by atoms with Crippen molar-refractivity contribution in [2.45, 2.75) is 37.9 Å². The van der Waals surface area contributed by atoms with E-state index in [1.54, 1.807) is 0 Å². The molecule has 0 fully saturated rings. The molecule has 21 heavy (non-hydrogen) atoms. The molecule has 6 N–H and O–H groups in total. The van der Waals surface area contributed by atoms with Crippen molar-refractivity contribution >= 4 is 17.9 Å². The number of aliphatic hydroxyl groups is 3. The zero-order valence-electron chi connectivity index (χ0n) is 11.3. The molecule has 9 nitrogen and oxygen atoms in total. The molecule has 0 spiro atoms. The van der Waals surface area contributed by atoms with Crippen LogP contribution in [0, 0.1) is 0 Å². The average molecular weight is 308 g/mol. The lowest BCUT2D eigenvalue weighted by Gasteiger charge is -2.09. The first-order chi connectivity index (χ1) is 9.70. The molecule has 0 saturated carbocycles.